The van der Waals surface area contributed by atoms with Crippen LogP contribution in [0.4, 0.5) is 0 Å². The number of hydrogen-bond acceptors (Lipinski definition) is 6. The predicted molar refractivity (Wildman–Crippen MR) is 91.6 cm³/mol. The van der Waals surface area contributed by atoms with Gasteiger partial charge in [0.1, 0.15) is 11.7 Å². The van der Waals surface area contributed by atoms with Gasteiger partial charge in [-0.25, -0.2) is 9.67 Å². The first kappa shape index (κ1) is 15.4. The molecule has 4 rings (SSSR count). The number of imidazole rings is 1. The second-order valence-corrected chi connectivity index (χ2v) is 6.46. The van der Waals surface area contributed by atoms with Crippen LogP contribution in [-0.4, -0.2) is 45.2 Å². The number of aromatic nitrogens is 9. The van der Waals surface area contributed by atoms with E-state index in [0.29, 0.717) is 11.7 Å². The quantitative estimate of drug-likeness (QED) is 0.598. The summed E-state index contributed by atoms with van der Waals surface area (Å²) in [6.45, 7) is 7.19. The van der Waals surface area contributed by atoms with Gasteiger partial charge in [-0.3, -0.25) is 0 Å². The Morgan fingerprint density at radius 3 is 2.72 bits per heavy atom. The van der Waals surface area contributed by atoms with E-state index in [2.05, 4.69) is 55.4 Å². The molecule has 0 bridgehead atoms. The van der Waals surface area contributed by atoms with Crippen molar-refractivity contribution in [1.29, 1.82) is 0 Å². The van der Waals surface area contributed by atoms with Crippen molar-refractivity contribution in [3.05, 3.63) is 36.3 Å². The Balaban J connectivity index is 1.77. The van der Waals surface area contributed by atoms with Crippen molar-refractivity contribution >= 4 is 11.0 Å². The molecule has 1 aromatic carbocycles. The minimum Gasteiger partial charge on any atom is -0.322 e. The van der Waals surface area contributed by atoms with Crippen molar-refractivity contribution in [2.75, 3.05) is 0 Å². The summed E-state index contributed by atoms with van der Waals surface area (Å²) in [4.78, 5) is 4.77. The Hall–Kier alpha value is -3.10. The van der Waals surface area contributed by atoms with Gasteiger partial charge in [-0.2, -0.15) is 5.21 Å². The van der Waals surface area contributed by atoms with Crippen LogP contribution in [0.1, 0.15) is 32.6 Å². The molecule has 25 heavy (non-hydrogen) atoms. The molecule has 0 aliphatic rings. The van der Waals surface area contributed by atoms with Crippen LogP contribution in [0.5, 0.6) is 0 Å². The fraction of sp³-hybridized carbons (Fsp3) is 0.375. The molecule has 3 aromatic heterocycles. The minimum atomic E-state index is -0.164. The molecule has 0 spiro atoms. The zero-order valence-corrected chi connectivity index (χ0v) is 14.3. The average Bonchev–Trinajstić information content (AvgIpc) is 3.34. The number of hydrogen-bond donors (Lipinski definition) is 1. The first-order valence-electron chi connectivity index (χ1n) is 8.24. The molecule has 9 nitrogen and oxygen atoms in total. The molecule has 3 heterocycles. The lowest BCUT2D eigenvalue weighted by Gasteiger charge is -2.10. The Kier molecular flexibility index (Phi) is 3.75. The maximum Gasteiger partial charge on any atom is 0.198 e. The zero-order valence-electron chi connectivity index (χ0n) is 14.3. The van der Waals surface area contributed by atoms with E-state index >= 15 is 0 Å². The summed E-state index contributed by atoms with van der Waals surface area (Å²) in [5.74, 6) is 1.87. The summed E-state index contributed by atoms with van der Waals surface area (Å²) in [6.07, 6.45) is 1.87. The highest BCUT2D eigenvalue weighted by atomic mass is 15.5. The van der Waals surface area contributed by atoms with Crippen molar-refractivity contribution in [1.82, 2.24) is 45.2 Å². The number of nitrogens with one attached hydrogen (secondary N) is 1. The van der Waals surface area contributed by atoms with Gasteiger partial charge in [0.05, 0.1) is 17.2 Å². The van der Waals surface area contributed by atoms with Crippen LogP contribution in [0.3, 0.4) is 0 Å². The fourth-order valence-electron chi connectivity index (χ4n) is 2.85. The van der Waals surface area contributed by atoms with Crippen LogP contribution in [0.15, 0.2) is 30.5 Å². The fourth-order valence-corrected chi connectivity index (χ4v) is 2.85. The molecule has 0 saturated carbocycles. The molecule has 0 amide bonds. The maximum absolute atomic E-state index is 4.77. The average molecular weight is 337 g/mol. The Labute approximate surface area is 144 Å². The van der Waals surface area contributed by atoms with Gasteiger partial charge in [0, 0.05) is 6.54 Å². The Bertz CT molecular complexity index is 980. The topological polar surface area (TPSA) is 103 Å². The van der Waals surface area contributed by atoms with E-state index in [1.807, 2.05) is 31.3 Å². The highest BCUT2D eigenvalue weighted by molar-refractivity contribution is 5.79. The maximum atomic E-state index is 4.77. The molecule has 0 saturated heterocycles. The third-order valence-corrected chi connectivity index (χ3v) is 4.07. The van der Waals surface area contributed by atoms with E-state index in [0.717, 1.165) is 29.1 Å². The van der Waals surface area contributed by atoms with Crippen LogP contribution >= 0.6 is 0 Å². The van der Waals surface area contributed by atoms with Crippen LogP contribution in [0, 0.1) is 5.92 Å². The lowest BCUT2D eigenvalue weighted by molar-refractivity contribution is 0.519. The molecule has 0 aliphatic carbocycles. The monoisotopic (exact) mass is 337 g/mol. The smallest absolute Gasteiger partial charge is 0.198 e. The van der Waals surface area contributed by atoms with Gasteiger partial charge < -0.3 is 4.57 Å². The molecular formula is C16H19N9. The number of benzene rings is 1. The number of fused-ring (bicyclic) bond motifs is 1. The van der Waals surface area contributed by atoms with Crippen molar-refractivity contribution in [3.8, 4) is 11.5 Å². The van der Waals surface area contributed by atoms with Crippen molar-refractivity contribution in [3.63, 3.8) is 0 Å². The second-order valence-electron chi connectivity index (χ2n) is 6.46. The van der Waals surface area contributed by atoms with E-state index in [4.69, 9.17) is 4.98 Å². The van der Waals surface area contributed by atoms with Crippen LogP contribution in [0.25, 0.3) is 22.6 Å². The molecule has 1 N–H and O–H groups in total. The molecule has 128 valence electrons. The number of tetrazole rings is 1. The van der Waals surface area contributed by atoms with Gasteiger partial charge in [-0.15, -0.1) is 15.3 Å². The number of nitrogens with zero attached hydrogens (tertiary/aromatic N) is 8. The lowest BCUT2D eigenvalue weighted by Crippen LogP contribution is -2.09. The summed E-state index contributed by atoms with van der Waals surface area (Å²) in [5, 5.41) is 22.6. The van der Waals surface area contributed by atoms with E-state index in [1.54, 1.807) is 4.68 Å². The second kappa shape index (κ2) is 6.08. The third kappa shape index (κ3) is 2.77. The van der Waals surface area contributed by atoms with Crippen LogP contribution in [-0.2, 0) is 6.54 Å². The van der Waals surface area contributed by atoms with Crippen LogP contribution in [0.2, 0.25) is 0 Å². The summed E-state index contributed by atoms with van der Waals surface area (Å²) in [5.41, 5.74) is 2.79. The number of rotatable bonds is 5. The molecule has 0 fully saturated rings. The molecule has 1 atom stereocenters. The molecule has 0 unspecified atom stereocenters. The summed E-state index contributed by atoms with van der Waals surface area (Å²) in [6, 6.07) is 7.96. The molecule has 0 radical (unpaired) electrons. The summed E-state index contributed by atoms with van der Waals surface area (Å²) < 4.78 is 3.92. The van der Waals surface area contributed by atoms with Gasteiger partial charge in [-0.1, -0.05) is 36.4 Å². The highest BCUT2D eigenvalue weighted by Gasteiger charge is 2.19. The van der Waals surface area contributed by atoms with Gasteiger partial charge in [0.2, 0.25) is 0 Å². The van der Waals surface area contributed by atoms with Crippen molar-refractivity contribution in [2.24, 2.45) is 5.92 Å². The Morgan fingerprint density at radius 2 is 1.96 bits per heavy atom. The summed E-state index contributed by atoms with van der Waals surface area (Å²) in [7, 11) is 0. The van der Waals surface area contributed by atoms with E-state index in [-0.39, 0.29) is 6.04 Å². The van der Waals surface area contributed by atoms with Gasteiger partial charge in [0.15, 0.2) is 11.6 Å². The largest absolute Gasteiger partial charge is 0.322 e. The standard InChI is InChI=1S/C16H19N9/c1-10(2)8-24-14-7-5-4-6-12(14)17-16(24)13-9-25(23-18-13)11(3)15-19-21-22-20-15/h4-7,9-11H,8H2,1-3H3,(H,19,20,21,22)/t11-/m0/s1. The zero-order chi connectivity index (χ0) is 17.4. The number of para-hydroxylation sites is 2. The lowest BCUT2D eigenvalue weighted by atomic mass is 10.2. The van der Waals surface area contributed by atoms with E-state index < -0.39 is 0 Å². The molecular weight excluding hydrogens is 318 g/mol. The minimum absolute atomic E-state index is 0.164. The number of H-pyrrole nitrogens is 1. The molecule has 0 aliphatic heterocycles. The summed E-state index contributed by atoms with van der Waals surface area (Å²) >= 11 is 0. The van der Waals surface area contributed by atoms with Crippen LogP contribution < -0.4 is 0 Å². The third-order valence-electron chi connectivity index (χ3n) is 4.07. The molecule has 4 aromatic rings. The van der Waals surface area contributed by atoms with Gasteiger partial charge >= 0.3 is 0 Å². The highest BCUT2D eigenvalue weighted by Crippen LogP contribution is 2.25. The number of aromatic amines is 1. The molecule has 9 heteroatoms. The first-order valence-corrected chi connectivity index (χ1v) is 8.24. The Morgan fingerprint density at radius 1 is 1.12 bits per heavy atom. The van der Waals surface area contributed by atoms with Crippen molar-refractivity contribution in [2.45, 2.75) is 33.4 Å². The van der Waals surface area contributed by atoms with Crippen molar-refractivity contribution < 1.29 is 0 Å². The first-order chi connectivity index (χ1) is 12.1. The normalized spacial score (nSPS) is 13.0. The SMILES string of the molecule is CC(C)Cn1c(-c2cn([C@@H](C)c3nn[nH]n3)nn2)nc2ccccc21. The van der Waals surface area contributed by atoms with Gasteiger partial charge in [-0.05, 0) is 25.0 Å². The van der Waals surface area contributed by atoms with E-state index in [1.165, 1.54) is 0 Å². The van der Waals surface area contributed by atoms with E-state index in [9.17, 15) is 0 Å². The predicted octanol–water partition coefficient (Wildman–Crippen LogP) is 2.07. The van der Waals surface area contributed by atoms with Gasteiger partial charge in [0.25, 0.3) is 0 Å².